The molecule has 2 aromatic carbocycles. The van der Waals surface area contributed by atoms with Gasteiger partial charge < -0.3 is 10.2 Å². The van der Waals surface area contributed by atoms with Crippen LogP contribution >= 0.6 is 11.8 Å². The number of nitrogens with two attached hydrogens (primary N) is 1. The lowest BCUT2D eigenvalue weighted by atomic mass is 10.2. The van der Waals surface area contributed by atoms with Crippen LogP contribution in [0.3, 0.4) is 0 Å². The number of primary amides is 1. The Balaban J connectivity index is 1.72. The second-order valence-electron chi connectivity index (χ2n) is 5.12. The van der Waals surface area contributed by atoms with Crippen LogP contribution in [-0.4, -0.2) is 30.3 Å². The van der Waals surface area contributed by atoms with Crippen LogP contribution in [0.15, 0.2) is 69.1 Å². The molecule has 134 valence electrons. The minimum atomic E-state index is -3.65. The summed E-state index contributed by atoms with van der Waals surface area (Å²) < 4.78 is 32.5. The number of carbonyl (C=O) groups excluding carboxylic acids is 1. The number of hydrogen-bond donors (Lipinski definition) is 2. The standard InChI is InChI=1S/C16H14N4O4S2/c17-14(21)10-25-16-19-18-15(24-16)11-6-8-12(9-7-11)20-26(22,23)13-4-2-1-3-5-13/h1-9,20H,10H2,(H2,17,21). The molecular formula is C16H14N4O4S2. The Kier molecular flexibility index (Phi) is 5.24. The van der Waals surface area contributed by atoms with Gasteiger partial charge in [0.1, 0.15) is 0 Å². The third kappa shape index (κ3) is 4.41. The SMILES string of the molecule is NC(=O)CSc1nnc(-c2ccc(NS(=O)(=O)c3ccccc3)cc2)o1. The Hall–Kier alpha value is -2.85. The Morgan fingerprint density at radius 1 is 1.08 bits per heavy atom. The zero-order valence-electron chi connectivity index (χ0n) is 13.3. The molecule has 8 nitrogen and oxygen atoms in total. The van der Waals surface area contributed by atoms with Crippen molar-refractivity contribution in [1.29, 1.82) is 0 Å². The van der Waals surface area contributed by atoms with Gasteiger partial charge in [0.15, 0.2) is 0 Å². The highest BCUT2D eigenvalue weighted by Crippen LogP contribution is 2.25. The number of nitrogens with one attached hydrogen (secondary N) is 1. The van der Waals surface area contributed by atoms with Crippen molar-refractivity contribution in [2.75, 3.05) is 10.5 Å². The van der Waals surface area contributed by atoms with Crippen LogP contribution in [0.25, 0.3) is 11.5 Å². The third-order valence-corrected chi connectivity index (χ3v) is 5.42. The van der Waals surface area contributed by atoms with Crippen LogP contribution < -0.4 is 10.5 Å². The van der Waals surface area contributed by atoms with E-state index in [9.17, 15) is 13.2 Å². The number of amides is 1. The van der Waals surface area contributed by atoms with E-state index in [1.165, 1.54) is 12.1 Å². The summed E-state index contributed by atoms with van der Waals surface area (Å²) in [4.78, 5) is 10.9. The molecular weight excluding hydrogens is 376 g/mol. The third-order valence-electron chi connectivity index (χ3n) is 3.18. The second kappa shape index (κ2) is 7.58. The summed E-state index contributed by atoms with van der Waals surface area (Å²) in [6.07, 6.45) is 0. The Morgan fingerprint density at radius 2 is 1.77 bits per heavy atom. The number of benzene rings is 2. The van der Waals surface area contributed by atoms with Gasteiger partial charge in [0.05, 0.1) is 10.6 Å². The Morgan fingerprint density at radius 3 is 2.42 bits per heavy atom. The van der Waals surface area contributed by atoms with Gasteiger partial charge in [-0.15, -0.1) is 10.2 Å². The van der Waals surface area contributed by atoms with Crippen LogP contribution in [0.2, 0.25) is 0 Å². The molecule has 0 saturated carbocycles. The zero-order valence-corrected chi connectivity index (χ0v) is 15.0. The predicted octanol–water partition coefficient (Wildman–Crippen LogP) is 2.11. The summed E-state index contributed by atoms with van der Waals surface area (Å²) in [5, 5.41) is 7.93. The number of thioether (sulfide) groups is 1. The molecule has 0 atom stereocenters. The van der Waals surface area contributed by atoms with Gasteiger partial charge in [0, 0.05) is 11.3 Å². The summed E-state index contributed by atoms with van der Waals surface area (Å²) in [5.74, 6) is -0.179. The maximum atomic E-state index is 12.3. The largest absolute Gasteiger partial charge is 0.411 e. The first kappa shape index (κ1) is 18.0. The van der Waals surface area contributed by atoms with E-state index in [0.717, 1.165) is 11.8 Å². The summed E-state index contributed by atoms with van der Waals surface area (Å²) in [5.41, 5.74) is 6.08. The van der Waals surface area contributed by atoms with Crippen molar-refractivity contribution >= 4 is 33.4 Å². The highest BCUT2D eigenvalue weighted by Gasteiger charge is 2.14. The van der Waals surface area contributed by atoms with Crippen LogP contribution in [0.4, 0.5) is 5.69 Å². The van der Waals surface area contributed by atoms with Crippen LogP contribution in [0, 0.1) is 0 Å². The molecule has 0 bridgehead atoms. The molecule has 10 heteroatoms. The van der Waals surface area contributed by atoms with Crippen molar-refractivity contribution in [3.63, 3.8) is 0 Å². The smallest absolute Gasteiger partial charge is 0.277 e. The molecule has 3 rings (SSSR count). The van der Waals surface area contributed by atoms with Crippen LogP contribution in [-0.2, 0) is 14.8 Å². The first-order valence-corrected chi connectivity index (χ1v) is 9.84. The molecule has 0 aliphatic heterocycles. The molecule has 0 fully saturated rings. The number of nitrogens with zero attached hydrogens (tertiary/aromatic N) is 2. The van der Waals surface area contributed by atoms with E-state index in [4.69, 9.17) is 10.2 Å². The van der Waals surface area contributed by atoms with Gasteiger partial charge in [-0.2, -0.15) is 0 Å². The summed E-state index contributed by atoms with van der Waals surface area (Å²) in [6.45, 7) is 0. The molecule has 26 heavy (non-hydrogen) atoms. The van der Waals surface area contributed by atoms with Gasteiger partial charge in [-0.05, 0) is 36.4 Å². The molecule has 0 spiro atoms. The van der Waals surface area contributed by atoms with Gasteiger partial charge in [-0.1, -0.05) is 30.0 Å². The molecule has 0 aliphatic carbocycles. The average molecular weight is 390 g/mol. The number of carbonyl (C=O) groups is 1. The lowest BCUT2D eigenvalue weighted by Gasteiger charge is -2.08. The monoisotopic (exact) mass is 390 g/mol. The van der Waals surface area contributed by atoms with Gasteiger partial charge in [0.25, 0.3) is 15.2 Å². The maximum Gasteiger partial charge on any atom is 0.277 e. The molecule has 1 amide bonds. The van der Waals surface area contributed by atoms with E-state index in [1.54, 1.807) is 42.5 Å². The van der Waals surface area contributed by atoms with Gasteiger partial charge >= 0.3 is 0 Å². The minimum absolute atomic E-state index is 0.0435. The number of aromatic nitrogens is 2. The van der Waals surface area contributed by atoms with E-state index in [-0.39, 0.29) is 21.8 Å². The van der Waals surface area contributed by atoms with Crippen molar-refractivity contribution in [2.24, 2.45) is 5.73 Å². The van der Waals surface area contributed by atoms with Crippen molar-refractivity contribution in [2.45, 2.75) is 10.1 Å². The van der Waals surface area contributed by atoms with E-state index < -0.39 is 15.9 Å². The summed E-state index contributed by atoms with van der Waals surface area (Å²) >= 11 is 1.05. The van der Waals surface area contributed by atoms with E-state index >= 15 is 0 Å². The highest BCUT2D eigenvalue weighted by molar-refractivity contribution is 7.99. The van der Waals surface area contributed by atoms with Crippen molar-refractivity contribution < 1.29 is 17.6 Å². The predicted molar refractivity (Wildman–Crippen MR) is 96.9 cm³/mol. The molecule has 1 heterocycles. The lowest BCUT2D eigenvalue weighted by molar-refractivity contribution is -0.115. The molecule has 0 saturated heterocycles. The topological polar surface area (TPSA) is 128 Å². The second-order valence-corrected chi connectivity index (χ2v) is 7.73. The lowest BCUT2D eigenvalue weighted by Crippen LogP contribution is -2.12. The first-order chi connectivity index (χ1) is 12.4. The van der Waals surface area contributed by atoms with E-state index in [2.05, 4.69) is 14.9 Å². The van der Waals surface area contributed by atoms with E-state index in [0.29, 0.717) is 11.3 Å². The normalized spacial score (nSPS) is 11.2. The summed E-state index contributed by atoms with van der Waals surface area (Å²) in [7, 11) is -3.65. The van der Waals surface area contributed by atoms with E-state index in [1.807, 2.05) is 0 Å². The number of rotatable bonds is 7. The number of anilines is 1. The molecule has 3 N–H and O–H groups in total. The number of sulfonamides is 1. The van der Waals surface area contributed by atoms with Gasteiger partial charge in [0.2, 0.25) is 11.8 Å². The molecule has 0 radical (unpaired) electrons. The van der Waals surface area contributed by atoms with Crippen LogP contribution in [0.5, 0.6) is 0 Å². The maximum absolute atomic E-state index is 12.3. The minimum Gasteiger partial charge on any atom is -0.411 e. The zero-order chi connectivity index (χ0) is 18.6. The number of hydrogen-bond acceptors (Lipinski definition) is 7. The Bertz CT molecular complexity index is 1000. The fourth-order valence-corrected chi connectivity index (χ4v) is 3.59. The fourth-order valence-electron chi connectivity index (χ4n) is 2.01. The summed E-state index contributed by atoms with van der Waals surface area (Å²) in [6, 6.07) is 14.6. The fraction of sp³-hybridized carbons (Fsp3) is 0.0625. The van der Waals surface area contributed by atoms with Crippen LogP contribution in [0.1, 0.15) is 0 Å². The quantitative estimate of drug-likeness (QED) is 0.591. The van der Waals surface area contributed by atoms with Crippen molar-refractivity contribution in [3.8, 4) is 11.5 Å². The average Bonchev–Trinajstić information content (AvgIpc) is 3.10. The Labute approximate surface area is 153 Å². The molecule has 1 aromatic heterocycles. The van der Waals surface area contributed by atoms with Gasteiger partial charge in [-0.3, -0.25) is 9.52 Å². The highest BCUT2D eigenvalue weighted by atomic mass is 32.2. The van der Waals surface area contributed by atoms with Crippen molar-refractivity contribution in [3.05, 3.63) is 54.6 Å². The molecule has 3 aromatic rings. The first-order valence-electron chi connectivity index (χ1n) is 7.37. The van der Waals surface area contributed by atoms with Gasteiger partial charge in [-0.25, -0.2) is 8.42 Å². The van der Waals surface area contributed by atoms with Crippen molar-refractivity contribution in [1.82, 2.24) is 10.2 Å². The molecule has 0 aliphatic rings. The molecule has 0 unspecified atom stereocenters.